The van der Waals surface area contributed by atoms with Gasteiger partial charge in [0, 0.05) is 31.9 Å². The van der Waals surface area contributed by atoms with Crippen molar-refractivity contribution in [3.63, 3.8) is 0 Å². The van der Waals surface area contributed by atoms with Gasteiger partial charge >= 0.3 is 0 Å². The summed E-state index contributed by atoms with van der Waals surface area (Å²) in [7, 11) is 1.70. The Bertz CT molecular complexity index is 472. The Kier molecular flexibility index (Phi) is 7.75. The number of nitrogens with zero attached hydrogens (tertiary/aromatic N) is 1. The summed E-state index contributed by atoms with van der Waals surface area (Å²) in [6.45, 7) is 1.58. The molecule has 3 N–H and O–H groups in total. The van der Waals surface area contributed by atoms with Crippen LogP contribution >= 0.6 is 12.4 Å². The molecule has 0 saturated carbocycles. The van der Waals surface area contributed by atoms with Crippen LogP contribution in [0.25, 0.3) is 0 Å². The zero-order chi connectivity index (χ0) is 15.2. The van der Waals surface area contributed by atoms with E-state index in [1.807, 2.05) is 0 Å². The van der Waals surface area contributed by atoms with Gasteiger partial charge in [-0.1, -0.05) is 0 Å². The molecule has 0 spiro atoms. The molecule has 1 aromatic carbocycles. The number of rotatable bonds is 5. The van der Waals surface area contributed by atoms with Crippen LogP contribution in [0.4, 0.5) is 10.1 Å². The standard InChI is InChI=1S/C15H22FN3O2.ClH/c1-21-14-6-7-19(13(8-14)9-17)10-15(20)18-12-4-2-11(16)3-5-12;/h2-5,13-14H,6-10,17H2,1H3,(H,18,20);1H. The quantitative estimate of drug-likeness (QED) is 0.860. The maximum atomic E-state index is 12.8. The molecule has 7 heteroatoms. The molecule has 1 saturated heterocycles. The molecule has 1 fully saturated rings. The minimum atomic E-state index is -0.321. The minimum Gasteiger partial charge on any atom is -0.381 e. The Labute approximate surface area is 136 Å². The fourth-order valence-electron chi connectivity index (χ4n) is 2.65. The smallest absolute Gasteiger partial charge is 0.238 e. The molecule has 22 heavy (non-hydrogen) atoms. The van der Waals surface area contributed by atoms with E-state index in [2.05, 4.69) is 10.2 Å². The fraction of sp³-hybridized carbons (Fsp3) is 0.533. The van der Waals surface area contributed by atoms with Crippen molar-refractivity contribution >= 4 is 24.0 Å². The molecule has 2 atom stereocenters. The number of benzene rings is 1. The van der Waals surface area contributed by atoms with E-state index in [0.29, 0.717) is 12.2 Å². The molecule has 1 heterocycles. The Morgan fingerprint density at radius 3 is 2.73 bits per heavy atom. The summed E-state index contributed by atoms with van der Waals surface area (Å²) in [6.07, 6.45) is 1.96. The lowest BCUT2D eigenvalue weighted by atomic mass is 9.99. The van der Waals surface area contributed by atoms with E-state index in [1.54, 1.807) is 19.2 Å². The number of nitrogens with one attached hydrogen (secondary N) is 1. The van der Waals surface area contributed by atoms with Crippen LogP contribution in [0.2, 0.25) is 0 Å². The number of ether oxygens (including phenoxy) is 1. The van der Waals surface area contributed by atoms with E-state index < -0.39 is 0 Å². The molecule has 1 amide bonds. The number of likely N-dealkylation sites (tertiary alicyclic amines) is 1. The van der Waals surface area contributed by atoms with E-state index in [-0.39, 0.29) is 42.8 Å². The molecule has 1 aromatic rings. The van der Waals surface area contributed by atoms with Crippen LogP contribution in [0.1, 0.15) is 12.8 Å². The third kappa shape index (κ3) is 5.21. The lowest BCUT2D eigenvalue weighted by Crippen LogP contribution is -2.50. The predicted octanol–water partition coefficient (Wildman–Crippen LogP) is 1.62. The number of carbonyl (C=O) groups excluding carboxylic acids is 1. The molecule has 5 nitrogen and oxygen atoms in total. The van der Waals surface area contributed by atoms with Crippen LogP contribution in [0.15, 0.2) is 24.3 Å². The van der Waals surface area contributed by atoms with Crippen LogP contribution in [-0.2, 0) is 9.53 Å². The highest BCUT2D eigenvalue weighted by Gasteiger charge is 2.28. The lowest BCUT2D eigenvalue weighted by molar-refractivity contribution is -0.118. The Hall–Kier alpha value is -1.21. The second kappa shape index (κ2) is 9.05. The maximum absolute atomic E-state index is 12.8. The Balaban J connectivity index is 0.00000242. The van der Waals surface area contributed by atoms with Crippen LogP contribution < -0.4 is 11.1 Å². The van der Waals surface area contributed by atoms with Crippen LogP contribution in [0.3, 0.4) is 0 Å². The summed E-state index contributed by atoms with van der Waals surface area (Å²) >= 11 is 0. The number of anilines is 1. The highest BCUT2D eigenvalue weighted by molar-refractivity contribution is 5.92. The van der Waals surface area contributed by atoms with Crippen molar-refractivity contribution in [3.05, 3.63) is 30.1 Å². The van der Waals surface area contributed by atoms with Gasteiger partial charge in [0.1, 0.15) is 5.82 Å². The minimum absolute atomic E-state index is 0. The first kappa shape index (κ1) is 18.8. The van der Waals surface area contributed by atoms with Crippen molar-refractivity contribution in [1.82, 2.24) is 4.90 Å². The SMILES string of the molecule is COC1CCN(CC(=O)Nc2ccc(F)cc2)C(CN)C1.Cl. The van der Waals surface area contributed by atoms with Gasteiger partial charge in [0.15, 0.2) is 0 Å². The number of piperidine rings is 1. The summed E-state index contributed by atoms with van der Waals surface area (Å²) in [5.74, 6) is -0.436. The number of nitrogens with two attached hydrogens (primary N) is 1. The predicted molar refractivity (Wildman–Crippen MR) is 86.7 cm³/mol. The molecule has 2 rings (SSSR count). The largest absolute Gasteiger partial charge is 0.381 e. The van der Waals surface area contributed by atoms with E-state index >= 15 is 0 Å². The molecule has 0 radical (unpaired) electrons. The monoisotopic (exact) mass is 331 g/mol. The fourth-order valence-corrected chi connectivity index (χ4v) is 2.65. The highest BCUT2D eigenvalue weighted by atomic mass is 35.5. The zero-order valence-electron chi connectivity index (χ0n) is 12.6. The van der Waals surface area contributed by atoms with Crippen LogP contribution in [-0.4, -0.2) is 49.7 Å². The summed E-state index contributed by atoms with van der Waals surface area (Å²) in [6, 6.07) is 5.89. The molecule has 2 unspecified atom stereocenters. The molecule has 0 aromatic heterocycles. The molecule has 0 aliphatic carbocycles. The number of halogens is 2. The van der Waals surface area contributed by atoms with Crippen molar-refractivity contribution in [3.8, 4) is 0 Å². The second-order valence-electron chi connectivity index (χ2n) is 5.30. The van der Waals surface area contributed by atoms with Crippen molar-refractivity contribution in [2.75, 3.05) is 32.1 Å². The van der Waals surface area contributed by atoms with Crippen molar-refractivity contribution in [2.24, 2.45) is 5.73 Å². The molecular formula is C15H23ClFN3O2. The van der Waals surface area contributed by atoms with Gasteiger partial charge < -0.3 is 15.8 Å². The van der Waals surface area contributed by atoms with Crippen molar-refractivity contribution < 1.29 is 13.9 Å². The number of carbonyl (C=O) groups is 1. The summed E-state index contributed by atoms with van der Waals surface area (Å²) in [4.78, 5) is 14.1. The average Bonchev–Trinajstić information content (AvgIpc) is 2.50. The third-order valence-corrected chi connectivity index (χ3v) is 3.87. The van der Waals surface area contributed by atoms with Gasteiger partial charge in [0.2, 0.25) is 5.91 Å². The Morgan fingerprint density at radius 1 is 1.45 bits per heavy atom. The summed E-state index contributed by atoms with van der Waals surface area (Å²) in [5.41, 5.74) is 6.38. The molecule has 0 bridgehead atoms. The Morgan fingerprint density at radius 2 is 2.14 bits per heavy atom. The van der Waals surface area contributed by atoms with Crippen molar-refractivity contribution in [2.45, 2.75) is 25.0 Å². The first-order valence-electron chi connectivity index (χ1n) is 7.14. The van der Waals surface area contributed by atoms with Gasteiger partial charge in [0.25, 0.3) is 0 Å². The first-order valence-corrected chi connectivity index (χ1v) is 7.14. The molecular weight excluding hydrogens is 309 g/mol. The van der Waals surface area contributed by atoms with E-state index in [4.69, 9.17) is 10.5 Å². The van der Waals surface area contributed by atoms with Crippen LogP contribution in [0, 0.1) is 5.82 Å². The van der Waals surface area contributed by atoms with Gasteiger partial charge in [-0.3, -0.25) is 9.69 Å². The summed E-state index contributed by atoms with van der Waals surface area (Å²) in [5, 5.41) is 2.77. The van der Waals surface area contributed by atoms with Crippen molar-refractivity contribution in [1.29, 1.82) is 0 Å². The first-order chi connectivity index (χ1) is 10.1. The van der Waals surface area contributed by atoms with E-state index in [1.165, 1.54) is 12.1 Å². The van der Waals surface area contributed by atoms with Gasteiger partial charge in [-0.05, 0) is 37.1 Å². The number of methoxy groups -OCH3 is 1. The van der Waals surface area contributed by atoms with Gasteiger partial charge in [0.05, 0.1) is 12.6 Å². The lowest BCUT2D eigenvalue weighted by Gasteiger charge is -2.37. The van der Waals surface area contributed by atoms with E-state index in [0.717, 1.165) is 19.4 Å². The number of hydrogen-bond acceptors (Lipinski definition) is 4. The van der Waals surface area contributed by atoms with Gasteiger partial charge in [-0.15, -0.1) is 12.4 Å². The average molecular weight is 332 g/mol. The second-order valence-corrected chi connectivity index (χ2v) is 5.30. The van der Waals surface area contributed by atoms with Gasteiger partial charge in [-0.25, -0.2) is 4.39 Å². The summed E-state index contributed by atoms with van der Waals surface area (Å²) < 4.78 is 18.2. The zero-order valence-corrected chi connectivity index (χ0v) is 13.4. The molecule has 1 aliphatic heterocycles. The molecule has 1 aliphatic rings. The number of amides is 1. The highest BCUT2D eigenvalue weighted by Crippen LogP contribution is 2.19. The topological polar surface area (TPSA) is 67.6 Å². The normalized spacial score (nSPS) is 22.0. The third-order valence-electron chi connectivity index (χ3n) is 3.87. The van der Waals surface area contributed by atoms with Crippen LogP contribution in [0.5, 0.6) is 0 Å². The number of hydrogen-bond donors (Lipinski definition) is 2. The maximum Gasteiger partial charge on any atom is 0.238 e. The molecule has 124 valence electrons. The van der Waals surface area contributed by atoms with E-state index in [9.17, 15) is 9.18 Å². The van der Waals surface area contributed by atoms with Gasteiger partial charge in [-0.2, -0.15) is 0 Å².